The molecular formula is C16H19N3O3S. The van der Waals surface area contributed by atoms with Gasteiger partial charge in [0.2, 0.25) is 0 Å². The Bertz CT molecular complexity index is 854. The fraction of sp³-hybridized carbons (Fsp3) is 0.562. The molecule has 7 heteroatoms. The minimum Gasteiger partial charge on any atom is -0.375 e. The van der Waals surface area contributed by atoms with Gasteiger partial charge in [0, 0.05) is 26.1 Å². The van der Waals surface area contributed by atoms with Crippen LogP contribution in [0.2, 0.25) is 0 Å². The number of rotatable bonds is 1. The van der Waals surface area contributed by atoms with Crippen LogP contribution in [0.15, 0.2) is 4.79 Å². The van der Waals surface area contributed by atoms with Crippen LogP contribution in [-0.2, 0) is 17.7 Å². The average Bonchev–Trinajstić information content (AvgIpc) is 3.12. The first-order valence-electron chi connectivity index (χ1n) is 8.00. The fourth-order valence-electron chi connectivity index (χ4n) is 3.43. The quantitative estimate of drug-likeness (QED) is 0.795. The maximum absolute atomic E-state index is 12.8. The summed E-state index contributed by atoms with van der Waals surface area (Å²) in [4.78, 5) is 33.3. The maximum Gasteiger partial charge on any atom is 0.264 e. The Morgan fingerprint density at radius 2 is 2.22 bits per heavy atom. The number of amides is 1. The Balaban J connectivity index is 1.79. The molecule has 122 valence electrons. The number of carbonyl (C=O) groups is 1. The molecule has 0 bridgehead atoms. The predicted octanol–water partition coefficient (Wildman–Crippen LogP) is 1.57. The summed E-state index contributed by atoms with van der Waals surface area (Å²) in [6, 6.07) is 0. The lowest BCUT2D eigenvalue weighted by molar-refractivity contribution is -0.0122. The summed E-state index contributed by atoms with van der Waals surface area (Å²) in [5, 5.41) is 0.616. The van der Waals surface area contributed by atoms with Crippen molar-refractivity contribution in [2.45, 2.75) is 39.3 Å². The molecule has 0 aromatic carbocycles. The van der Waals surface area contributed by atoms with E-state index in [9.17, 15) is 9.59 Å². The Morgan fingerprint density at radius 1 is 1.39 bits per heavy atom. The Kier molecular flexibility index (Phi) is 3.50. The number of morpholine rings is 1. The molecule has 2 aromatic heterocycles. The molecule has 0 unspecified atom stereocenters. The summed E-state index contributed by atoms with van der Waals surface area (Å²) >= 11 is 1.35. The van der Waals surface area contributed by atoms with E-state index >= 15 is 0 Å². The van der Waals surface area contributed by atoms with Crippen LogP contribution >= 0.6 is 11.3 Å². The SMILES string of the molecule is Cc1c(C(=O)N2CCO[C@H](C)C2)sc2nc3n(c(=O)c12)CCC3. The van der Waals surface area contributed by atoms with E-state index in [1.54, 1.807) is 4.57 Å². The molecule has 1 atom stereocenters. The molecule has 0 radical (unpaired) electrons. The normalized spacial score (nSPS) is 21.0. The summed E-state index contributed by atoms with van der Waals surface area (Å²) in [6.45, 7) is 6.31. The lowest BCUT2D eigenvalue weighted by Crippen LogP contribution is -2.44. The number of ether oxygens (including phenoxy) is 1. The van der Waals surface area contributed by atoms with Gasteiger partial charge >= 0.3 is 0 Å². The van der Waals surface area contributed by atoms with E-state index in [0.29, 0.717) is 34.8 Å². The van der Waals surface area contributed by atoms with Crippen LogP contribution in [0.25, 0.3) is 10.2 Å². The van der Waals surface area contributed by atoms with E-state index < -0.39 is 0 Å². The number of hydrogen-bond donors (Lipinski definition) is 0. The zero-order valence-corrected chi connectivity index (χ0v) is 14.1. The third kappa shape index (κ3) is 2.30. The van der Waals surface area contributed by atoms with E-state index in [2.05, 4.69) is 4.98 Å². The van der Waals surface area contributed by atoms with Gasteiger partial charge in [-0.25, -0.2) is 4.98 Å². The number of hydrogen-bond acceptors (Lipinski definition) is 5. The number of aromatic nitrogens is 2. The van der Waals surface area contributed by atoms with Crippen molar-refractivity contribution in [3.63, 3.8) is 0 Å². The van der Waals surface area contributed by atoms with Crippen LogP contribution in [0, 0.1) is 6.92 Å². The molecule has 6 nitrogen and oxygen atoms in total. The first-order valence-corrected chi connectivity index (χ1v) is 8.81. The number of thiophene rings is 1. The Hall–Kier alpha value is -1.73. The highest BCUT2D eigenvalue weighted by Gasteiger charge is 2.28. The van der Waals surface area contributed by atoms with E-state index in [1.807, 2.05) is 18.7 Å². The lowest BCUT2D eigenvalue weighted by Gasteiger charge is -2.31. The smallest absolute Gasteiger partial charge is 0.264 e. The van der Waals surface area contributed by atoms with Gasteiger partial charge in [-0.2, -0.15) is 0 Å². The molecular weight excluding hydrogens is 314 g/mol. The van der Waals surface area contributed by atoms with Crippen molar-refractivity contribution in [3.8, 4) is 0 Å². The van der Waals surface area contributed by atoms with Crippen molar-refractivity contribution in [1.29, 1.82) is 0 Å². The molecule has 0 N–H and O–H groups in total. The molecule has 1 amide bonds. The van der Waals surface area contributed by atoms with Gasteiger partial charge in [0.15, 0.2) is 0 Å². The average molecular weight is 333 g/mol. The molecule has 4 rings (SSSR count). The van der Waals surface area contributed by atoms with Crippen LogP contribution in [0.3, 0.4) is 0 Å². The zero-order valence-electron chi connectivity index (χ0n) is 13.3. The highest BCUT2D eigenvalue weighted by molar-refractivity contribution is 7.20. The molecule has 1 fully saturated rings. The first kappa shape index (κ1) is 14.8. The van der Waals surface area contributed by atoms with Gasteiger partial charge in [-0.1, -0.05) is 0 Å². The summed E-state index contributed by atoms with van der Waals surface area (Å²) in [5.41, 5.74) is 0.777. The van der Waals surface area contributed by atoms with E-state index in [-0.39, 0.29) is 17.6 Å². The van der Waals surface area contributed by atoms with E-state index in [0.717, 1.165) is 30.8 Å². The van der Waals surface area contributed by atoms with Gasteiger partial charge in [0.25, 0.3) is 11.5 Å². The monoisotopic (exact) mass is 333 g/mol. The van der Waals surface area contributed by atoms with Gasteiger partial charge in [-0.05, 0) is 25.8 Å². The zero-order chi connectivity index (χ0) is 16.1. The van der Waals surface area contributed by atoms with Gasteiger partial charge in [0.1, 0.15) is 10.7 Å². The van der Waals surface area contributed by atoms with Crippen molar-refractivity contribution >= 4 is 27.5 Å². The molecule has 1 saturated heterocycles. The fourth-order valence-corrected chi connectivity index (χ4v) is 4.58. The van der Waals surface area contributed by atoms with E-state index in [1.165, 1.54) is 11.3 Å². The van der Waals surface area contributed by atoms with Crippen molar-refractivity contribution in [1.82, 2.24) is 14.5 Å². The second-order valence-corrected chi connectivity index (χ2v) is 7.26. The highest BCUT2D eigenvalue weighted by Crippen LogP contribution is 2.30. The summed E-state index contributed by atoms with van der Waals surface area (Å²) in [5.74, 6) is 0.841. The van der Waals surface area contributed by atoms with Crippen LogP contribution in [-0.4, -0.2) is 46.2 Å². The lowest BCUT2D eigenvalue weighted by atomic mass is 10.2. The second-order valence-electron chi connectivity index (χ2n) is 6.26. The van der Waals surface area contributed by atoms with Crippen molar-refractivity contribution in [2.24, 2.45) is 0 Å². The van der Waals surface area contributed by atoms with Gasteiger partial charge < -0.3 is 9.64 Å². The van der Waals surface area contributed by atoms with Crippen LogP contribution < -0.4 is 5.56 Å². The molecule has 4 heterocycles. The third-order valence-electron chi connectivity index (χ3n) is 4.63. The van der Waals surface area contributed by atoms with Crippen LogP contribution in [0.1, 0.15) is 34.4 Å². The van der Waals surface area contributed by atoms with Crippen molar-refractivity contribution in [3.05, 3.63) is 26.6 Å². The second kappa shape index (κ2) is 5.42. The van der Waals surface area contributed by atoms with Gasteiger partial charge in [0.05, 0.1) is 23.0 Å². The van der Waals surface area contributed by atoms with Gasteiger partial charge in [-0.3, -0.25) is 14.2 Å². The van der Waals surface area contributed by atoms with Crippen LogP contribution in [0.4, 0.5) is 0 Å². The topological polar surface area (TPSA) is 64.4 Å². The number of aryl methyl sites for hydroxylation is 2. The summed E-state index contributed by atoms with van der Waals surface area (Å²) in [6.07, 6.45) is 1.86. The molecule has 23 heavy (non-hydrogen) atoms. The van der Waals surface area contributed by atoms with E-state index in [4.69, 9.17) is 4.74 Å². The van der Waals surface area contributed by atoms with Crippen molar-refractivity contribution in [2.75, 3.05) is 19.7 Å². The minimum absolute atomic E-state index is 0.00523. The molecule has 0 saturated carbocycles. The van der Waals surface area contributed by atoms with Crippen molar-refractivity contribution < 1.29 is 9.53 Å². The largest absolute Gasteiger partial charge is 0.375 e. The summed E-state index contributed by atoms with van der Waals surface area (Å²) < 4.78 is 7.26. The third-order valence-corrected chi connectivity index (χ3v) is 5.81. The number of fused-ring (bicyclic) bond motifs is 2. The van der Waals surface area contributed by atoms with Crippen LogP contribution in [0.5, 0.6) is 0 Å². The highest BCUT2D eigenvalue weighted by atomic mass is 32.1. The molecule has 2 aliphatic heterocycles. The minimum atomic E-state index is -0.00907. The molecule has 2 aromatic rings. The first-order chi connectivity index (χ1) is 11.1. The van der Waals surface area contributed by atoms with Gasteiger partial charge in [-0.15, -0.1) is 11.3 Å². The number of carbonyl (C=O) groups excluding carboxylic acids is 1. The predicted molar refractivity (Wildman–Crippen MR) is 88.3 cm³/mol. The molecule has 2 aliphatic rings. The Morgan fingerprint density at radius 3 is 3.00 bits per heavy atom. The summed E-state index contributed by atoms with van der Waals surface area (Å²) in [7, 11) is 0. The molecule has 0 spiro atoms. The molecule has 0 aliphatic carbocycles. The standard InChI is InChI=1S/C16H19N3O3S/c1-9-8-18(6-7-22-9)16(21)13-10(2)12-14(23-13)17-11-4-3-5-19(11)15(12)20/h9H,3-8H2,1-2H3/t9-/m1/s1. The maximum atomic E-state index is 12.8. The number of nitrogens with zero attached hydrogens (tertiary/aromatic N) is 3. The Labute approximate surface area is 137 Å².